The standard InChI is InChI=1S/C49H36N4S/c1-28-30(3)46(50-39-27-34-21-11-12-23-36(34)42(28)39)45-47(37-24-14-13-22-35(37)32-17-7-5-8-18-32)51-53-52-48(45)44-41(33-19-9-6-10-20-33)29(2)31(4)49-43(44)38-25-15-16-26-40(38)54-49/h5-26H,27H2,1-4H3. The number of thiophene rings is 1. The first-order valence-corrected chi connectivity index (χ1v) is 19.3. The van der Waals surface area contributed by atoms with Gasteiger partial charge >= 0.3 is 0 Å². The van der Waals surface area contributed by atoms with Crippen LogP contribution >= 0.6 is 11.3 Å². The number of aromatic nitrogens is 4. The average molecular weight is 713 g/mol. The van der Waals surface area contributed by atoms with E-state index in [0.29, 0.717) is 0 Å². The molecule has 0 bridgehead atoms. The van der Waals surface area contributed by atoms with Crippen molar-refractivity contribution in [1.29, 1.82) is 0 Å². The highest BCUT2D eigenvalue weighted by molar-refractivity contribution is 7.26. The van der Waals surface area contributed by atoms with E-state index in [1.165, 1.54) is 53.6 Å². The van der Waals surface area contributed by atoms with Crippen LogP contribution in [0, 0.1) is 27.7 Å². The zero-order valence-corrected chi connectivity index (χ0v) is 31.4. The summed E-state index contributed by atoms with van der Waals surface area (Å²) in [5.41, 5.74) is 19.8. The van der Waals surface area contributed by atoms with Crippen LogP contribution in [0.4, 0.5) is 0 Å². The van der Waals surface area contributed by atoms with Gasteiger partial charge in [-0.1, -0.05) is 127 Å². The minimum absolute atomic E-state index is 0.773. The van der Waals surface area contributed by atoms with Crippen LogP contribution in [0.1, 0.15) is 33.5 Å². The van der Waals surface area contributed by atoms with Gasteiger partial charge in [0.05, 0.1) is 17.0 Å². The van der Waals surface area contributed by atoms with Crippen molar-refractivity contribution in [2.24, 2.45) is 0 Å². The highest BCUT2D eigenvalue weighted by Crippen LogP contribution is 2.52. The van der Waals surface area contributed by atoms with Crippen molar-refractivity contribution in [1.82, 2.24) is 20.4 Å². The second-order valence-electron chi connectivity index (χ2n) is 14.3. The summed E-state index contributed by atoms with van der Waals surface area (Å²) in [6.07, 6.45) is 0.787. The van der Waals surface area contributed by atoms with Gasteiger partial charge in [-0.05, 0) is 94.6 Å². The first-order valence-electron chi connectivity index (χ1n) is 18.5. The first-order chi connectivity index (χ1) is 26.5. The summed E-state index contributed by atoms with van der Waals surface area (Å²) in [4.78, 5) is 5.64. The predicted molar refractivity (Wildman–Crippen MR) is 225 cm³/mol. The summed E-state index contributed by atoms with van der Waals surface area (Å²) in [6, 6.07) is 47.3. The SMILES string of the molecule is Cc1c(-c2c(-c3ccccc3-c3ccccc3)nnnc2-c2c(-c3ccccc3)c(C)c(C)c3sc4ccccc4c23)nc2c(c1C)-c1ccccc1C2. The topological polar surface area (TPSA) is 51.6 Å². The predicted octanol–water partition coefficient (Wildman–Crippen LogP) is 12.8. The Morgan fingerprint density at radius 2 is 1.07 bits per heavy atom. The summed E-state index contributed by atoms with van der Waals surface area (Å²) < 4.78 is 2.52. The van der Waals surface area contributed by atoms with Crippen molar-refractivity contribution in [3.8, 4) is 67.2 Å². The molecule has 1 aliphatic rings. The molecule has 4 nitrogen and oxygen atoms in total. The maximum Gasteiger partial charge on any atom is 0.108 e. The van der Waals surface area contributed by atoms with Gasteiger partial charge in [0.15, 0.2) is 0 Å². The molecule has 0 atom stereocenters. The van der Waals surface area contributed by atoms with E-state index in [0.717, 1.165) is 73.7 Å². The molecule has 6 aromatic carbocycles. The monoisotopic (exact) mass is 712 g/mol. The lowest BCUT2D eigenvalue weighted by Crippen LogP contribution is -2.07. The molecule has 0 saturated heterocycles. The van der Waals surface area contributed by atoms with Crippen LogP contribution in [0.2, 0.25) is 0 Å². The Morgan fingerprint density at radius 1 is 0.463 bits per heavy atom. The van der Waals surface area contributed by atoms with E-state index in [2.05, 4.69) is 166 Å². The highest BCUT2D eigenvalue weighted by atomic mass is 32.1. The summed E-state index contributed by atoms with van der Waals surface area (Å²) in [7, 11) is 0. The molecule has 0 radical (unpaired) electrons. The van der Waals surface area contributed by atoms with Crippen LogP contribution in [-0.4, -0.2) is 20.4 Å². The second-order valence-corrected chi connectivity index (χ2v) is 15.4. The molecule has 0 unspecified atom stereocenters. The van der Waals surface area contributed by atoms with Crippen molar-refractivity contribution in [3.05, 3.63) is 167 Å². The molecule has 5 heteroatoms. The fourth-order valence-corrected chi connectivity index (χ4v) is 9.85. The molecule has 9 aromatic rings. The number of rotatable bonds is 5. The van der Waals surface area contributed by atoms with Crippen LogP contribution in [0.15, 0.2) is 133 Å². The fourth-order valence-electron chi connectivity index (χ4n) is 8.59. The minimum atomic E-state index is 0.773. The smallest absolute Gasteiger partial charge is 0.108 e. The third kappa shape index (κ3) is 4.89. The van der Waals surface area contributed by atoms with E-state index in [1.54, 1.807) is 0 Å². The molecule has 0 aliphatic heterocycles. The average Bonchev–Trinajstić information content (AvgIpc) is 3.80. The lowest BCUT2D eigenvalue weighted by molar-refractivity contribution is 0.877. The largest absolute Gasteiger partial charge is 0.251 e. The second kappa shape index (κ2) is 12.7. The van der Waals surface area contributed by atoms with Gasteiger partial charge in [0, 0.05) is 43.3 Å². The maximum atomic E-state index is 5.64. The summed E-state index contributed by atoms with van der Waals surface area (Å²) >= 11 is 1.85. The Hall–Kier alpha value is -6.30. The highest BCUT2D eigenvalue weighted by Gasteiger charge is 2.31. The third-order valence-corrected chi connectivity index (χ3v) is 12.7. The van der Waals surface area contributed by atoms with Gasteiger partial charge in [0.25, 0.3) is 0 Å². The van der Waals surface area contributed by atoms with Crippen molar-refractivity contribution in [3.63, 3.8) is 0 Å². The number of benzene rings is 6. The van der Waals surface area contributed by atoms with Crippen molar-refractivity contribution >= 4 is 31.5 Å². The van der Waals surface area contributed by atoms with Gasteiger partial charge in [-0.2, -0.15) is 0 Å². The Kier molecular flexibility index (Phi) is 7.60. The van der Waals surface area contributed by atoms with Gasteiger partial charge in [0.2, 0.25) is 0 Å². The van der Waals surface area contributed by atoms with Crippen molar-refractivity contribution in [2.75, 3.05) is 0 Å². The van der Waals surface area contributed by atoms with Gasteiger partial charge in [-0.3, -0.25) is 4.98 Å². The van der Waals surface area contributed by atoms with Crippen molar-refractivity contribution in [2.45, 2.75) is 34.1 Å². The molecule has 3 heterocycles. The molecule has 10 rings (SSSR count). The summed E-state index contributed by atoms with van der Waals surface area (Å²) in [5, 5.41) is 17.2. The van der Waals surface area contributed by atoms with Crippen LogP contribution in [0.5, 0.6) is 0 Å². The molecule has 0 saturated carbocycles. The lowest BCUT2D eigenvalue weighted by Gasteiger charge is -2.22. The maximum absolute atomic E-state index is 5.64. The van der Waals surface area contributed by atoms with E-state index in [-0.39, 0.29) is 0 Å². The van der Waals surface area contributed by atoms with Crippen LogP contribution < -0.4 is 0 Å². The van der Waals surface area contributed by atoms with Crippen LogP contribution in [0.25, 0.3) is 87.3 Å². The van der Waals surface area contributed by atoms with Gasteiger partial charge in [-0.25, -0.2) is 0 Å². The zero-order valence-electron chi connectivity index (χ0n) is 30.6. The number of hydrogen-bond donors (Lipinski definition) is 0. The quantitative estimate of drug-likeness (QED) is 0.178. The van der Waals surface area contributed by atoms with E-state index in [4.69, 9.17) is 15.2 Å². The molecule has 0 spiro atoms. The molecule has 3 aromatic heterocycles. The molecular formula is C49H36N4S. The molecule has 54 heavy (non-hydrogen) atoms. The number of aryl methyl sites for hydroxylation is 1. The zero-order chi connectivity index (χ0) is 36.5. The number of hydrogen-bond acceptors (Lipinski definition) is 5. The van der Waals surface area contributed by atoms with E-state index < -0.39 is 0 Å². The van der Waals surface area contributed by atoms with E-state index in [1.807, 2.05) is 11.3 Å². The normalized spacial score (nSPS) is 12.0. The Labute approximate surface area is 318 Å². The molecule has 0 N–H and O–H groups in total. The van der Waals surface area contributed by atoms with E-state index >= 15 is 0 Å². The third-order valence-electron chi connectivity index (χ3n) is 11.4. The number of nitrogens with zero attached hydrogens (tertiary/aromatic N) is 4. The number of pyridine rings is 1. The molecular weight excluding hydrogens is 677 g/mol. The van der Waals surface area contributed by atoms with E-state index in [9.17, 15) is 0 Å². The Balaban J connectivity index is 1.39. The van der Waals surface area contributed by atoms with Gasteiger partial charge < -0.3 is 0 Å². The summed E-state index contributed by atoms with van der Waals surface area (Å²) in [5.74, 6) is 0. The van der Waals surface area contributed by atoms with Crippen molar-refractivity contribution < 1.29 is 0 Å². The van der Waals surface area contributed by atoms with Crippen LogP contribution in [0.3, 0.4) is 0 Å². The van der Waals surface area contributed by atoms with Gasteiger partial charge in [-0.15, -0.1) is 21.5 Å². The Bertz CT molecular complexity index is 2950. The molecule has 258 valence electrons. The number of fused-ring (bicyclic) bond motifs is 6. The molecule has 0 amide bonds. The molecule has 0 fully saturated rings. The fraction of sp³-hybridized carbons (Fsp3) is 0.102. The Morgan fingerprint density at radius 3 is 1.85 bits per heavy atom. The van der Waals surface area contributed by atoms with Gasteiger partial charge in [0.1, 0.15) is 11.4 Å². The summed E-state index contributed by atoms with van der Waals surface area (Å²) in [6.45, 7) is 8.98. The van der Waals surface area contributed by atoms with Crippen LogP contribution in [-0.2, 0) is 6.42 Å². The lowest BCUT2D eigenvalue weighted by atomic mass is 9.83. The minimum Gasteiger partial charge on any atom is -0.251 e. The first kappa shape index (κ1) is 32.4. The molecule has 1 aliphatic carbocycles.